The number of carbonyl (C=O) groups is 1. The molecule has 0 aromatic heterocycles. The minimum atomic E-state index is -0.160. The highest BCUT2D eigenvalue weighted by atomic mass is 79.9. The molecular formula is C16H15Br2NO2. The van der Waals surface area contributed by atoms with Crippen LogP contribution in [0, 0.1) is 0 Å². The molecule has 0 saturated carbocycles. The van der Waals surface area contributed by atoms with E-state index >= 15 is 0 Å². The maximum Gasteiger partial charge on any atom is 0.255 e. The lowest BCUT2D eigenvalue weighted by molar-refractivity contribution is 0.0937. The number of halogens is 2. The molecule has 110 valence electrons. The van der Waals surface area contributed by atoms with Gasteiger partial charge in [0.15, 0.2) is 0 Å². The Morgan fingerprint density at radius 1 is 1.24 bits per heavy atom. The fourth-order valence-corrected chi connectivity index (χ4v) is 2.86. The van der Waals surface area contributed by atoms with E-state index in [9.17, 15) is 4.79 Å². The van der Waals surface area contributed by atoms with Crippen LogP contribution in [0.4, 0.5) is 0 Å². The maximum absolute atomic E-state index is 12.5. The average Bonchev–Trinajstić information content (AvgIpc) is 2.53. The molecule has 2 rings (SSSR count). The predicted octanol–water partition coefficient (Wildman–Crippen LogP) is 4.32. The zero-order valence-corrected chi connectivity index (χ0v) is 14.6. The lowest BCUT2D eigenvalue weighted by Crippen LogP contribution is -2.29. The highest BCUT2D eigenvalue weighted by molar-refractivity contribution is 9.10. The largest absolute Gasteiger partial charge is 0.496 e. The smallest absolute Gasteiger partial charge is 0.255 e. The molecule has 21 heavy (non-hydrogen) atoms. The first-order valence-corrected chi connectivity index (χ1v) is 8.32. The van der Waals surface area contributed by atoms with Gasteiger partial charge in [0, 0.05) is 9.80 Å². The number of amides is 1. The zero-order chi connectivity index (χ0) is 15.2. The predicted molar refractivity (Wildman–Crippen MR) is 91.1 cm³/mol. The van der Waals surface area contributed by atoms with Crippen LogP contribution < -0.4 is 10.1 Å². The van der Waals surface area contributed by atoms with Crippen molar-refractivity contribution in [1.29, 1.82) is 0 Å². The average molecular weight is 413 g/mol. The molecule has 0 aliphatic rings. The maximum atomic E-state index is 12.5. The van der Waals surface area contributed by atoms with Crippen LogP contribution in [0.5, 0.6) is 5.75 Å². The molecular weight excluding hydrogens is 398 g/mol. The Labute approximate surface area is 141 Å². The molecule has 0 saturated heterocycles. The van der Waals surface area contributed by atoms with E-state index in [1.165, 1.54) is 0 Å². The highest BCUT2D eigenvalue weighted by Gasteiger charge is 2.17. The first kappa shape index (κ1) is 16.0. The van der Waals surface area contributed by atoms with Crippen molar-refractivity contribution in [1.82, 2.24) is 5.32 Å². The normalized spacial score (nSPS) is 11.8. The summed E-state index contributed by atoms with van der Waals surface area (Å²) in [5.41, 5.74) is 1.57. The molecule has 5 heteroatoms. The van der Waals surface area contributed by atoms with Gasteiger partial charge in [-0.25, -0.2) is 0 Å². The molecule has 2 aromatic carbocycles. The fraction of sp³-hybridized carbons (Fsp3) is 0.188. The second-order valence-electron chi connectivity index (χ2n) is 4.44. The molecule has 0 bridgehead atoms. The third-order valence-electron chi connectivity index (χ3n) is 3.07. The Morgan fingerprint density at radius 2 is 1.95 bits per heavy atom. The number of methoxy groups -OCH3 is 1. The molecule has 3 nitrogen and oxygen atoms in total. The third-order valence-corrected chi connectivity index (χ3v) is 4.21. The number of alkyl halides is 1. The van der Waals surface area contributed by atoms with Gasteiger partial charge in [0.25, 0.3) is 5.91 Å². The van der Waals surface area contributed by atoms with Crippen molar-refractivity contribution in [3.63, 3.8) is 0 Å². The van der Waals surface area contributed by atoms with Gasteiger partial charge in [0.05, 0.1) is 18.7 Å². The van der Waals surface area contributed by atoms with E-state index in [0.29, 0.717) is 16.6 Å². The van der Waals surface area contributed by atoms with E-state index in [1.807, 2.05) is 36.4 Å². The molecule has 1 amide bonds. The molecule has 2 aromatic rings. The number of nitrogens with one attached hydrogen (secondary N) is 1. The standard InChI is InChI=1S/C16H15Br2NO2/c1-21-15-9-12(18)7-8-13(15)16(20)19-14(10-17)11-5-3-2-4-6-11/h2-9,14H,10H2,1H3,(H,19,20). The number of hydrogen-bond acceptors (Lipinski definition) is 2. The zero-order valence-electron chi connectivity index (χ0n) is 11.5. The van der Waals surface area contributed by atoms with Gasteiger partial charge in [-0.3, -0.25) is 4.79 Å². The summed E-state index contributed by atoms with van der Waals surface area (Å²) < 4.78 is 6.14. The van der Waals surface area contributed by atoms with Gasteiger partial charge in [-0.1, -0.05) is 62.2 Å². The van der Waals surface area contributed by atoms with Crippen molar-refractivity contribution in [3.8, 4) is 5.75 Å². The van der Waals surface area contributed by atoms with Crippen LogP contribution in [0.2, 0.25) is 0 Å². The van der Waals surface area contributed by atoms with E-state index in [2.05, 4.69) is 37.2 Å². The fourth-order valence-electron chi connectivity index (χ4n) is 1.98. The Hall–Kier alpha value is -1.33. The van der Waals surface area contributed by atoms with Crippen molar-refractivity contribution < 1.29 is 9.53 Å². The first-order valence-electron chi connectivity index (χ1n) is 6.41. The first-order chi connectivity index (χ1) is 10.2. The monoisotopic (exact) mass is 411 g/mol. The molecule has 0 fully saturated rings. The number of rotatable bonds is 5. The summed E-state index contributed by atoms with van der Waals surface area (Å²) in [5.74, 6) is 0.385. The number of benzene rings is 2. The van der Waals surface area contributed by atoms with E-state index < -0.39 is 0 Å². The van der Waals surface area contributed by atoms with E-state index in [0.717, 1.165) is 10.0 Å². The van der Waals surface area contributed by atoms with Crippen LogP contribution in [-0.4, -0.2) is 18.3 Å². The second-order valence-corrected chi connectivity index (χ2v) is 6.00. The Bertz CT molecular complexity index is 617. The van der Waals surface area contributed by atoms with Gasteiger partial charge in [-0.15, -0.1) is 0 Å². The Morgan fingerprint density at radius 3 is 2.57 bits per heavy atom. The van der Waals surface area contributed by atoms with Gasteiger partial charge in [-0.05, 0) is 23.8 Å². The summed E-state index contributed by atoms with van der Waals surface area (Å²) in [7, 11) is 1.55. The molecule has 0 aliphatic carbocycles. The van der Waals surface area contributed by atoms with Gasteiger partial charge in [0.2, 0.25) is 0 Å². The van der Waals surface area contributed by atoms with Crippen molar-refractivity contribution in [2.75, 3.05) is 12.4 Å². The van der Waals surface area contributed by atoms with Crippen molar-refractivity contribution in [2.24, 2.45) is 0 Å². The Kier molecular flexibility index (Phi) is 5.82. The molecule has 1 unspecified atom stereocenters. The molecule has 1 N–H and O–H groups in total. The number of carbonyl (C=O) groups excluding carboxylic acids is 1. The molecule has 0 spiro atoms. The van der Waals surface area contributed by atoms with Gasteiger partial charge < -0.3 is 10.1 Å². The van der Waals surface area contributed by atoms with E-state index in [1.54, 1.807) is 19.2 Å². The molecule has 0 heterocycles. The van der Waals surface area contributed by atoms with Crippen LogP contribution in [0.3, 0.4) is 0 Å². The highest BCUT2D eigenvalue weighted by Crippen LogP contribution is 2.24. The lowest BCUT2D eigenvalue weighted by atomic mass is 10.1. The van der Waals surface area contributed by atoms with Crippen LogP contribution in [0.1, 0.15) is 22.0 Å². The topological polar surface area (TPSA) is 38.3 Å². The van der Waals surface area contributed by atoms with Crippen molar-refractivity contribution in [2.45, 2.75) is 6.04 Å². The summed E-state index contributed by atoms with van der Waals surface area (Å²) in [6.07, 6.45) is 0. The molecule has 0 radical (unpaired) electrons. The summed E-state index contributed by atoms with van der Waals surface area (Å²) in [6.45, 7) is 0. The lowest BCUT2D eigenvalue weighted by Gasteiger charge is -2.17. The van der Waals surface area contributed by atoms with Crippen LogP contribution in [0.15, 0.2) is 53.0 Å². The number of ether oxygens (including phenoxy) is 1. The Balaban J connectivity index is 2.21. The minimum absolute atomic E-state index is 0.0907. The molecule has 0 aliphatic heterocycles. The minimum Gasteiger partial charge on any atom is -0.496 e. The summed E-state index contributed by atoms with van der Waals surface area (Å²) in [5, 5.41) is 3.65. The van der Waals surface area contributed by atoms with Crippen molar-refractivity contribution >= 4 is 37.8 Å². The quantitative estimate of drug-likeness (QED) is 0.742. The van der Waals surface area contributed by atoms with E-state index in [-0.39, 0.29) is 11.9 Å². The number of hydrogen-bond donors (Lipinski definition) is 1. The van der Waals surface area contributed by atoms with Crippen LogP contribution in [-0.2, 0) is 0 Å². The SMILES string of the molecule is COc1cc(Br)ccc1C(=O)NC(CBr)c1ccccc1. The second kappa shape index (κ2) is 7.61. The van der Waals surface area contributed by atoms with Crippen molar-refractivity contribution in [3.05, 3.63) is 64.1 Å². The van der Waals surface area contributed by atoms with Gasteiger partial charge in [-0.2, -0.15) is 0 Å². The summed E-state index contributed by atoms with van der Waals surface area (Å²) in [4.78, 5) is 12.5. The summed E-state index contributed by atoms with van der Waals surface area (Å²) >= 11 is 6.82. The molecule has 1 atom stereocenters. The van der Waals surface area contributed by atoms with Crippen LogP contribution in [0.25, 0.3) is 0 Å². The third kappa shape index (κ3) is 4.08. The summed E-state index contributed by atoms with van der Waals surface area (Å²) in [6, 6.07) is 15.1. The van der Waals surface area contributed by atoms with Crippen LogP contribution >= 0.6 is 31.9 Å². The van der Waals surface area contributed by atoms with Gasteiger partial charge >= 0.3 is 0 Å². The van der Waals surface area contributed by atoms with Gasteiger partial charge in [0.1, 0.15) is 5.75 Å². The van der Waals surface area contributed by atoms with E-state index in [4.69, 9.17) is 4.74 Å².